The number of thiazole rings is 1. The number of hydrogen-bond donors (Lipinski definition) is 1. The van der Waals surface area contributed by atoms with Gasteiger partial charge in [-0.2, -0.15) is 0 Å². The van der Waals surface area contributed by atoms with Crippen LogP contribution in [0, 0.1) is 0 Å². The van der Waals surface area contributed by atoms with Crippen molar-refractivity contribution in [2.24, 2.45) is 4.99 Å². The van der Waals surface area contributed by atoms with Crippen molar-refractivity contribution < 1.29 is 33.3 Å². The first-order chi connectivity index (χ1) is 21.9. The number of carbonyl (C=O) groups is 2. The minimum atomic E-state index is -1.04. The van der Waals surface area contributed by atoms with E-state index < -0.39 is 18.0 Å². The molecule has 0 unspecified atom stereocenters. The van der Waals surface area contributed by atoms with Crippen molar-refractivity contribution in [2.75, 3.05) is 13.4 Å². The lowest BCUT2D eigenvalue weighted by molar-refractivity contribution is -0.138. The Morgan fingerprint density at radius 3 is 2.60 bits per heavy atom. The summed E-state index contributed by atoms with van der Waals surface area (Å²) in [5.41, 5.74) is 2.29. The first-order valence-electron chi connectivity index (χ1n) is 14.0. The van der Waals surface area contributed by atoms with Crippen LogP contribution < -0.4 is 24.4 Å². The third-order valence-corrected chi connectivity index (χ3v) is 8.36. The molecule has 4 heterocycles. The minimum absolute atomic E-state index is 0.0725. The average molecular weight is 621 g/mol. The zero-order valence-corrected chi connectivity index (χ0v) is 24.6. The van der Waals surface area contributed by atoms with E-state index in [0.29, 0.717) is 54.7 Å². The number of fused-ring (bicyclic) bond motifs is 2. The second-order valence-corrected chi connectivity index (χ2v) is 11.1. The fourth-order valence-electron chi connectivity index (χ4n) is 5.36. The van der Waals surface area contributed by atoms with Gasteiger partial charge in [-0.25, -0.2) is 14.6 Å². The highest BCUT2D eigenvalue weighted by atomic mass is 32.1. The second-order valence-electron chi connectivity index (χ2n) is 10.1. The number of aromatic carboxylic acids is 1. The fraction of sp³-hybridized carbons (Fsp3) is 0.118. The van der Waals surface area contributed by atoms with Crippen molar-refractivity contribution >= 4 is 35.0 Å². The Balaban J connectivity index is 1.41. The number of carbonyl (C=O) groups excluding carboxylic acids is 1. The Hall–Kier alpha value is -5.68. The molecule has 2 aliphatic heterocycles. The Bertz CT molecular complexity index is 2190. The molecule has 1 atom stereocenters. The van der Waals surface area contributed by atoms with Crippen molar-refractivity contribution in [3.63, 3.8) is 0 Å². The normalized spacial score (nSPS) is 15.5. The molecule has 0 saturated heterocycles. The molecule has 7 rings (SSSR count). The zero-order valence-electron chi connectivity index (χ0n) is 23.8. The van der Waals surface area contributed by atoms with Gasteiger partial charge in [0.25, 0.3) is 5.56 Å². The summed E-state index contributed by atoms with van der Waals surface area (Å²) in [5.74, 6) is 0.287. The van der Waals surface area contributed by atoms with Gasteiger partial charge in [0.1, 0.15) is 11.5 Å². The number of esters is 1. The van der Waals surface area contributed by atoms with E-state index in [1.165, 1.54) is 28.0 Å². The van der Waals surface area contributed by atoms with Gasteiger partial charge in [-0.3, -0.25) is 9.36 Å². The molecule has 0 bridgehead atoms. The van der Waals surface area contributed by atoms with E-state index >= 15 is 0 Å². The monoisotopic (exact) mass is 620 g/mol. The third-order valence-electron chi connectivity index (χ3n) is 7.38. The number of aromatic nitrogens is 1. The van der Waals surface area contributed by atoms with Crippen LogP contribution in [0.3, 0.4) is 0 Å². The molecule has 10 nitrogen and oxygen atoms in total. The van der Waals surface area contributed by atoms with E-state index in [4.69, 9.17) is 23.6 Å². The van der Waals surface area contributed by atoms with Crippen LogP contribution in [0.15, 0.2) is 105 Å². The van der Waals surface area contributed by atoms with Gasteiger partial charge >= 0.3 is 11.9 Å². The summed E-state index contributed by atoms with van der Waals surface area (Å²) in [7, 11) is 0. The van der Waals surface area contributed by atoms with Crippen molar-refractivity contribution in [2.45, 2.75) is 13.0 Å². The van der Waals surface area contributed by atoms with Crippen molar-refractivity contribution in [1.29, 1.82) is 0 Å². The number of carboxylic acid groups (broad SMARTS) is 1. The molecular weight excluding hydrogens is 596 g/mol. The van der Waals surface area contributed by atoms with Crippen molar-refractivity contribution in [3.8, 4) is 22.8 Å². The number of rotatable bonds is 7. The summed E-state index contributed by atoms with van der Waals surface area (Å²) in [6.45, 7) is 1.93. The Morgan fingerprint density at radius 1 is 1.00 bits per heavy atom. The van der Waals surface area contributed by atoms with E-state index in [1.54, 1.807) is 55.5 Å². The maximum Gasteiger partial charge on any atom is 0.338 e. The molecule has 0 saturated carbocycles. The van der Waals surface area contributed by atoms with Crippen LogP contribution in [-0.4, -0.2) is 35.0 Å². The molecule has 0 fully saturated rings. The summed E-state index contributed by atoms with van der Waals surface area (Å²) in [4.78, 5) is 44.5. The standard InChI is InChI=1S/C34H24N2O8S/c1-2-41-33(40)28-29(19-7-4-3-5-8-19)35-34-36(30(28)21-11-13-25-26(16-21)43-18-42-25)31(37)27(45-34)17-23-12-14-24(44-23)20-9-6-10-22(15-20)32(38)39/h3-17,30H,2,18H2,1H3,(H,38,39)/b27-17-/t30-/m1/s1. The molecular formula is C34H24N2O8S. The highest BCUT2D eigenvalue weighted by Crippen LogP contribution is 2.40. The van der Waals surface area contributed by atoms with E-state index in [1.807, 2.05) is 30.3 Å². The summed E-state index contributed by atoms with van der Waals surface area (Å²) in [5, 5.41) is 9.36. The minimum Gasteiger partial charge on any atom is -0.478 e. The van der Waals surface area contributed by atoms with Gasteiger partial charge < -0.3 is 23.7 Å². The summed E-state index contributed by atoms with van der Waals surface area (Å²) in [6.07, 6.45) is 1.61. The van der Waals surface area contributed by atoms with E-state index in [0.717, 1.165) is 0 Å². The maximum absolute atomic E-state index is 14.1. The topological polar surface area (TPSA) is 130 Å². The summed E-state index contributed by atoms with van der Waals surface area (Å²) < 4.78 is 24.5. The first kappa shape index (κ1) is 28.1. The highest BCUT2D eigenvalue weighted by Gasteiger charge is 2.36. The number of benzene rings is 3. The average Bonchev–Trinajstić information content (AvgIpc) is 3.80. The van der Waals surface area contributed by atoms with E-state index in [-0.39, 0.29) is 30.1 Å². The van der Waals surface area contributed by atoms with Crippen LogP contribution in [0.1, 0.15) is 40.2 Å². The van der Waals surface area contributed by atoms with Gasteiger partial charge in [0, 0.05) is 17.2 Å². The molecule has 45 heavy (non-hydrogen) atoms. The Kier molecular flexibility index (Phi) is 7.14. The van der Waals surface area contributed by atoms with Crippen LogP contribution in [0.25, 0.3) is 23.1 Å². The Morgan fingerprint density at radius 2 is 1.80 bits per heavy atom. The molecule has 0 aliphatic carbocycles. The molecule has 0 amide bonds. The number of carboxylic acids is 1. The number of hydrogen-bond acceptors (Lipinski definition) is 9. The predicted molar refractivity (Wildman–Crippen MR) is 165 cm³/mol. The van der Waals surface area contributed by atoms with Crippen LogP contribution in [0.2, 0.25) is 0 Å². The van der Waals surface area contributed by atoms with Gasteiger partial charge in [0.05, 0.1) is 34.0 Å². The van der Waals surface area contributed by atoms with E-state index in [9.17, 15) is 19.5 Å². The van der Waals surface area contributed by atoms with Gasteiger partial charge in [-0.05, 0) is 48.9 Å². The number of nitrogens with zero attached hydrogens (tertiary/aromatic N) is 2. The lowest BCUT2D eigenvalue weighted by Crippen LogP contribution is -2.40. The molecule has 0 radical (unpaired) electrons. The van der Waals surface area contributed by atoms with Gasteiger partial charge in [0.2, 0.25) is 6.79 Å². The fourth-order valence-corrected chi connectivity index (χ4v) is 6.34. The van der Waals surface area contributed by atoms with E-state index in [2.05, 4.69) is 0 Å². The predicted octanol–water partition coefficient (Wildman–Crippen LogP) is 4.62. The van der Waals surface area contributed by atoms with Crippen LogP contribution >= 0.6 is 11.3 Å². The molecule has 2 aliphatic rings. The van der Waals surface area contributed by atoms with Crippen LogP contribution in [0.4, 0.5) is 0 Å². The summed E-state index contributed by atoms with van der Waals surface area (Å²) in [6, 6.07) is 23.6. The smallest absolute Gasteiger partial charge is 0.338 e. The molecule has 5 aromatic rings. The molecule has 1 N–H and O–H groups in total. The SMILES string of the molecule is CCOC(=O)C1=C(c2ccccc2)N=c2s/c(=C\c3ccc(-c4cccc(C(=O)O)c4)o3)c(=O)n2[C@@H]1c1ccc2c(c1)OCO2. The van der Waals surface area contributed by atoms with Crippen LogP contribution in [-0.2, 0) is 9.53 Å². The number of furan rings is 1. The third kappa shape index (κ3) is 5.12. The van der Waals surface area contributed by atoms with Crippen molar-refractivity contribution in [3.05, 3.63) is 133 Å². The summed E-state index contributed by atoms with van der Waals surface area (Å²) >= 11 is 1.17. The lowest BCUT2D eigenvalue weighted by atomic mass is 9.93. The Labute approximate surface area is 259 Å². The van der Waals surface area contributed by atoms with Crippen LogP contribution in [0.5, 0.6) is 11.5 Å². The van der Waals surface area contributed by atoms with Crippen molar-refractivity contribution in [1.82, 2.24) is 4.57 Å². The first-order valence-corrected chi connectivity index (χ1v) is 14.8. The highest BCUT2D eigenvalue weighted by molar-refractivity contribution is 7.07. The van der Waals surface area contributed by atoms with Gasteiger partial charge in [-0.1, -0.05) is 59.9 Å². The molecule has 2 aromatic heterocycles. The molecule has 11 heteroatoms. The molecule has 3 aromatic carbocycles. The maximum atomic E-state index is 14.1. The second kappa shape index (κ2) is 11.4. The number of ether oxygens (including phenoxy) is 3. The molecule has 224 valence electrons. The largest absolute Gasteiger partial charge is 0.478 e. The van der Waals surface area contributed by atoms with Gasteiger partial charge in [-0.15, -0.1) is 0 Å². The molecule has 0 spiro atoms. The zero-order chi connectivity index (χ0) is 31.1. The van der Waals surface area contributed by atoms with Gasteiger partial charge in [0.15, 0.2) is 16.3 Å². The lowest BCUT2D eigenvalue weighted by Gasteiger charge is -2.26. The quantitative estimate of drug-likeness (QED) is 0.261.